The first kappa shape index (κ1) is 16.2. The van der Waals surface area contributed by atoms with Crippen LogP contribution in [0.2, 0.25) is 0 Å². The van der Waals surface area contributed by atoms with Gasteiger partial charge in [0.1, 0.15) is 0 Å². The Bertz CT molecular complexity index is 620. The number of anilines is 2. The summed E-state index contributed by atoms with van der Waals surface area (Å²) < 4.78 is 0. The number of benzene rings is 1. The van der Waals surface area contributed by atoms with Crippen molar-refractivity contribution < 1.29 is 9.59 Å². The molecular formula is C17H23N3O2S. The number of nitrogens with one attached hydrogen (secondary N) is 1. The summed E-state index contributed by atoms with van der Waals surface area (Å²) in [7, 11) is 0. The van der Waals surface area contributed by atoms with E-state index in [-0.39, 0.29) is 11.9 Å². The Hall–Kier alpha value is -1.69. The van der Waals surface area contributed by atoms with E-state index in [1.807, 2.05) is 34.9 Å². The summed E-state index contributed by atoms with van der Waals surface area (Å²) in [5, 5.41) is 3.01. The van der Waals surface area contributed by atoms with Gasteiger partial charge in [-0.2, -0.15) is 11.8 Å². The van der Waals surface area contributed by atoms with E-state index in [2.05, 4.69) is 12.2 Å². The number of nitrogens with zero attached hydrogens (tertiary/aromatic N) is 2. The van der Waals surface area contributed by atoms with E-state index >= 15 is 0 Å². The maximum atomic E-state index is 12.5. The first-order valence-corrected chi connectivity index (χ1v) is 9.25. The van der Waals surface area contributed by atoms with Crippen molar-refractivity contribution >= 4 is 35.1 Å². The molecule has 6 heteroatoms. The Labute approximate surface area is 141 Å². The highest BCUT2D eigenvalue weighted by atomic mass is 32.2. The minimum absolute atomic E-state index is 0.0271. The smallest absolute Gasteiger partial charge is 0.321 e. The summed E-state index contributed by atoms with van der Waals surface area (Å²) in [5.41, 5.74) is 2.90. The fourth-order valence-corrected chi connectivity index (χ4v) is 4.20. The Morgan fingerprint density at radius 2 is 2.13 bits per heavy atom. The number of rotatable bonds is 1. The van der Waals surface area contributed by atoms with E-state index in [4.69, 9.17) is 0 Å². The maximum Gasteiger partial charge on any atom is 0.321 e. The highest BCUT2D eigenvalue weighted by Crippen LogP contribution is 2.30. The molecule has 1 saturated heterocycles. The Kier molecular flexibility index (Phi) is 4.80. The summed E-state index contributed by atoms with van der Waals surface area (Å²) in [6.07, 6.45) is 0.843. The molecule has 0 radical (unpaired) electrons. The quantitative estimate of drug-likeness (QED) is 0.860. The third-order valence-corrected chi connectivity index (χ3v) is 5.61. The number of thioether (sulfide) groups is 1. The molecule has 5 nitrogen and oxygen atoms in total. The lowest BCUT2D eigenvalue weighted by atomic mass is 10.1. The molecule has 1 N–H and O–H groups in total. The molecule has 1 fully saturated rings. The van der Waals surface area contributed by atoms with Gasteiger partial charge >= 0.3 is 6.03 Å². The van der Waals surface area contributed by atoms with E-state index in [0.29, 0.717) is 5.92 Å². The molecule has 0 bridgehead atoms. The lowest BCUT2D eigenvalue weighted by Gasteiger charge is -2.23. The number of urea groups is 1. The van der Waals surface area contributed by atoms with Crippen LogP contribution in [0.25, 0.3) is 0 Å². The van der Waals surface area contributed by atoms with Crippen LogP contribution in [0.5, 0.6) is 0 Å². The fraction of sp³-hybridized carbons (Fsp3) is 0.529. The molecule has 3 amide bonds. The fourth-order valence-electron chi connectivity index (χ4n) is 3.17. The number of carbonyl (C=O) groups is 2. The van der Waals surface area contributed by atoms with Gasteiger partial charge in [-0.05, 0) is 41.9 Å². The number of hydrogen-bond donors (Lipinski definition) is 1. The standard InChI is InChI=1S/C17H23N3O2S/c1-12-10-19(7-8-23-11-12)17(22)18-15-3-4-16-14(9-15)5-6-20(16)13(2)21/h3-4,9,12H,5-8,10-11H2,1-2H3,(H,18,22)/t12-/m1/s1. The summed E-state index contributed by atoms with van der Waals surface area (Å²) in [6.45, 7) is 6.10. The van der Waals surface area contributed by atoms with Crippen molar-refractivity contribution in [3.63, 3.8) is 0 Å². The summed E-state index contributed by atoms with van der Waals surface area (Å²) in [6, 6.07) is 5.78. The average Bonchev–Trinajstić information content (AvgIpc) is 2.81. The molecule has 124 valence electrons. The largest absolute Gasteiger partial charge is 0.323 e. The lowest BCUT2D eigenvalue weighted by molar-refractivity contribution is -0.116. The lowest BCUT2D eigenvalue weighted by Crippen LogP contribution is -2.38. The van der Waals surface area contributed by atoms with E-state index in [1.54, 1.807) is 11.8 Å². The molecule has 1 aromatic rings. The Morgan fingerprint density at radius 3 is 2.91 bits per heavy atom. The van der Waals surface area contributed by atoms with Gasteiger partial charge in [0.15, 0.2) is 0 Å². The zero-order chi connectivity index (χ0) is 16.4. The second kappa shape index (κ2) is 6.83. The van der Waals surface area contributed by atoms with Crippen LogP contribution in [0.15, 0.2) is 18.2 Å². The van der Waals surface area contributed by atoms with Gasteiger partial charge < -0.3 is 15.1 Å². The van der Waals surface area contributed by atoms with Crippen molar-refractivity contribution in [1.82, 2.24) is 4.90 Å². The van der Waals surface area contributed by atoms with Crippen LogP contribution in [0.3, 0.4) is 0 Å². The maximum absolute atomic E-state index is 12.5. The van der Waals surface area contributed by atoms with Crippen LogP contribution in [-0.2, 0) is 11.2 Å². The molecule has 0 spiro atoms. The van der Waals surface area contributed by atoms with E-state index < -0.39 is 0 Å². The molecule has 2 heterocycles. The average molecular weight is 333 g/mol. The molecule has 0 saturated carbocycles. The van der Waals surface area contributed by atoms with E-state index in [9.17, 15) is 9.59 Å². The topological polar surface area (TPSA) is 52.7 Å². The SMILES string of the molecule is CC(=O)N1CCc2cc(NC(=O)N3CCSC[C@H](C)C3)ccc21. The minimum Gasteiger partial charge on any atom is -0.323 e. The minimum atomic E-state index is -0.0271. The van der Waals surface area contributed by atoms with Gasteiger partial charge in [0.2, 0.25) is 5.91 Å². The molecule has 0 unspecified atom stereocenters. The predicted octanol–water partition coefficient (Wildman–Crippen LogP) is 2.81. The van der Waals surface area contributed by atoms with Crippen LogP contribution in [0, 0.1) is 5.92 Å². The first-order chi connectivity index (χ1) is 11.0. The zero-order valence-corrected chi connectivity index (χ0v) is 14.5. The van der Waals surface area contributed by atoms with Crippen molar-refractivity contribution in [1.29, 1.82) is 0 Å². The molecule has 2 aliphatic heterocycles. The summed E-state index contributed by atoms with van der Waals surface area (Å²) >= 11 is 1.91. The molecule has 1 atom stereocenters. The van der Waals surface area contributed by atoms with Crippen molar-refractivity contribution in [2.75, 3.05) is 41.4 Å². The predicted molar refractivity (Wildman–Crippen MR) is 95.3 cm³/mol. The van der Waals surface area contributed by atoms with E-state index in [0.717, 1.165) is 54.5 Å². The third-order valence-electron chi connectivity index (χ3n) is 4.33. The molecular weight excluding hydrogens is 310 g/mol. The Balaban J connectivity index is 1.69. The normalized spacial score (nSPS) is 20.9. The van der Waals surface area contributed by atoms with Crippen LogP contribution >= 0.6 is 11.8 Å². The summed E-state index contributed by atoms with van der Waals surface area (Å²) in [4.78, 5) is 27.8. The van der Waals surface area contributed by atoms with Gasteiger partial charge in [-0.15, -0.1) is 0 Å². The van der Waals surface area contributed by atoms with Gasteiger partial charge in [0.25, 0.3) is 0 Å². The highest BCUT2D eigenvalue weighted by Gasteiger charge is 2.23. The number of carbonyl (C=O) groups excluding carboxylic acids is 2. The zero-order valence-electron chi connectivity index (χ0n) is 13.7. The third kappa shape index (κ3) is 3.63. The number of fused-ring (bicyclic) bond motifs is 1. The second-order valence-corrected chi connectivity index (χ2v) is 7.47. The summed E-state index contributed by atoms with van der Waals surface area (Å²) in [5.74, 6) is 2.70. The van der Waals surface area contributed by atoms with E-state index in [1.165, 1.54) is 0 Å². The monoisotopic (exact) mass is 333 g/mol. The van der Waals surface area contributed by atoms with Crippen LogP contribution in [-0.4, -0.2) is 48.0 Å². The van der Waals surface area contributed by atoms with Gasteiger partial charge in [0.05, 0.1) is 0 Å². The molecule has 3 rings (SSSR count). The van der Waals surface area contributed by atoms with Crippen LogP contribution < -0.4 is 10.2 Å². The van der Waals surface area contributed by atoms with Crippen molar-refractivity contribution in [2.45, 2.75) is 20.3 Å². The molecule has 0 aromatic heterocycles. The molecule has 0 aliphatic carbocycles. The number of amides is 3. The highest BCUT2D eigenvalue weighted by molar-refractivity contribution is 7.99. The van der Waals surface area contributed by atoms with Gasteiger partial charge in [-0.25, -0.2) is 4.79 Å². The van der Waals surface area contributed by atoms with Crippen LogP contribution in [0.4, 0.5) is 16.2 Å². The molecule has 23 heavy (non-hydrogen) atoms. The van der Waals surface area contributed by atoms with Crippen molar-refractivity contribution in [3.8, 4) is 0 Å². The molecule has 2 aliphatic rings. The first-order valence-electron chi connectivity index (χ1n) is 8.09. The molecule has 1 aromatic carbocycles. The Morgan fingerprint density at radius 1 is 1.30 bits per heavy atom. The van der Waals surface area contributed by atoms with Crippen molar-refractivity contribution in [3.05, 3.63) is 23.8 Å². The number of hydrogen-bond acceptors (Lipinski definition) is 3. The van der Waals surface area contributed by atoms with Crippen LogP contribution in [0.1, 0.15) is 19.4 Å². The second-order valence-electron chi connectivity index (χ2n) is 6.32. The van der Waals surface area contributed by atoms with Gasteiger partial charge in [0, 0.05) is 43.7 Å². The van der Waals surface area contributed by atoms with Gasteiger partial charge in [-0.3, -0.25) is 4.79 Å². The van der Waals surface area contributed by atoms with Gasteiger partial charge in [-0.1, -0.05) is 6.92 Å². The van der Waals surface area contributed by atoms with Crippen molar-refractivity contribution in [2.24, 2.45) is 5.92 Å².